The number of carbonyl (C=O) groups is 1. The fraction of sp³-hybridized carbons (Fsp3) is 0.552. The molecule has 2 spiro atoms. The van der Waals surface area contributed by atoms with Crippen LogP contribution >= 0.6 is 0 Å². The molecule has 0 aliphatic carbocycles. The molecule has 2 aromatic carbocycles. The van der Waals surface area contributed by atoms with Gasteiger partial charge in [-0.2, -0.15) is 0 Å². The van der Waals surface area contributed by atoms with E-state index in [1.807, 2.05) is 12.1 Å². The van der Waals surface area contributed by atoms with Crippen molar-refractivity contribution in [1.82, 2.24) is 19.6 Å². The van der Waals surface area contributed by atoms with Crippen molar-refractivity contribution in [3.05, 3.63) is 71.3 Å². The fourth-order valence-electron chi connectivity index (χ4n) is 6.99. The van der Waals surface area contributed by atoms with Crippen LogP contribution in [0.1, 0.15) is 36.8 Å². The summed E-state index contributed by atoms with van der Waals surface area (Å²) in [5.74, 6) is -0.339. The number of nitrogens with zero attached hydrogens (tertiary/aromatic N) is 4. The molecule has 0 N–H and O–H groups in total. The molecular formula is C29H36F2N4O. The molecule has 4 fully saturated rings. The standard InChI is InChI=1S/C29H36F2N4O/c30-25-5-1-3-23(15-25)17-32-19-28(20-32)7-11-34(12-8-28)27(36)35-13-9-29(10-14-35)21-33(22-29)18-24-4-2-6-26(31)16-24/h1-6,15-16H,7-14,17-22H2. The van der Waals surface area contributed by atoms with Gasteiger partial charge in [0.2, 0.25) is 0 Å². The quantitative estimate of drug-likeness (QED) is 0.623. The number of piperidine rings is 2. The summed E-state index contributed by atoms with van der Waals surface area (Å²) >= 11 is 0. The highest BCUT2D eigenvalue weighted by Gasteiger charge is 2.48. The summed E-state index contributed by atoms with van der Waals surface area (Å²) < 4.78 is 26.9. The molecule has 0 aromatic heterocycles. The Morgan fingerprint density at radius 1 is 0.667 bits per heavy atom. The number of halogens is 2. The SMILES string of the molecule is O=C(N1CCC2(CC1)CN(Cc1cccc(F)c1)C2)N1CCC2(CC1)CN(Cc1cccc(F)c1)C2. The normalized spacial score (nSPS) is 23.5. The van der Waals surface area contributed by atoms with Crippen molar-refractivity contribution in [3.8, 4) is 0 Å². The lowest BCUT2D eigenvalue weighted by Gasteiger charge is -2.56. The highest BCUT2D eigenvalue weighted by Crippen LogP contribution is 2.43. The van der Waals surface area contributed by atoms with Gasteiger partial charge in [-0.15, -0.1) is 0 Å². The summed E-state index contributed by atoms with van der Waals surface area (Å²) in [6.07, 6.45) is 4.24. The van der Waals surface area contributed by atoms with E-state index in [1.165, 1.54) is 12.1 Å². The van der Waals surface area contributed by atoms with Crippen LogP contribution in [-0.4, -0.2) is 78.0 Å². The summed E-state index contributed by atoms with van der Waals surface area (Å²) in [6, 6.07) is 14.0. The molecule has 2 amide bonds. The first-order chi connectivity index (χ1) is 17.4. The van der Waals surface area contributed by atoms with Crippen LogP contribution in [0.15, 0.2) is 48.5 Å². The first kappa shape index (κ1) is 23.9. The zero-order valence-corrected chi connectivity index (χ0v) is 21.0. The molecule has 4 aliphatic rings. The van der Waals surface area contributed by atoms with Crippen molar-refractivity contribution < 1.29 is 13.6 Å². The highest BCUT2D eigenvalue weighted by molar-refractivity contribution is 5.74. The topological polar surface area (TPSA) is 30.0 Å². The van der Waals surface area contributed by atoms with Gasteiger partial charge in [-0.05, 0) is 71.9 Å². The molecule has 0 atom stereocenters. The maximum absolute atomic E-state index is 13.5. The van der Waals surface area contributed by atoms with Crippen molar-refractivity contribution in [2.75, 3.05) is 52.4 Å². The molecule has 7 heteroatoms. The molecule has 2 aromatic rings. The molecule has 5 nitrogen and oxygen atoms in total. The van der Waals surface area contributed by atoms with Gasteiger partial charge in [0.05, 0.1) is 0 Å². The Balaban J connectivity index is 0.922. The third kappa shape index (κ3) is 4.88. The number of hydrogen-bond acceptors (Lipinski definition) is 3. The Labute approximate surface area is 212 Å². The van der Waals surface area contributed by atoms with E-state index in [4.69, 9.17) is 0 Å². The summed E-state index contributed by atoms with van der Waals surface area (Å²) in [6.45, 7) is 9.16. The number of urea groups is 1. The molecule has 192 valence electrons. The van der Waals surface area contributed by atoms with E-state index in [0.29, 0.717) is 10.8 Å². The van der Waals surface area contributed by atoms with Gasteiger partial charge in [0.25, 0.3) is 0 Å². The van der Waals surface area contributed by atoms with Crippen molar-refractivity contribution in [2.45, 2.75) is 38.8 Å². The maximum Gasteiger partial charge on any atom is 0.319 e. The second kappa shape index (κ2) is 9.42. The van der Waals surface area contributed by atoms with E-state index < -0.39 is 0 Å². The highest BCUT2D eigenvalue weighted by atomic mass is 19.1. The van der Waals surface area contributed by atoms with Crippen LogP contribution in [0.4, 0.5) is 13.6 Å². The van der Waals surface area contributed by atoms with Crippen LogP contribution in [0, 0.1) is 22.5 Å². The first-order valence-electron chi connectivity index (χ1n) is 13.4. The minimum atomic E-state index is -0.170. The van der Waals surface area contributed by atoms with Gasteiger partial charge < -0.3 is 9.80 Å². The van der Waals surface area contributed by atoms with Crippen molar-refractivity contribution in [2.24, 2.45) is 10.8 Å². The number of rotatable bonds is 4. The zero-order valence-electron chi connectivity index (χ0n) is 21.0. The molecule has 0 radical (unpaired) electrons. The average Bonchev–Trinajstić information content (AvgIpc) is 2.83. The maximum atomic E-state index is 13.5. The molecule has 4 saturated heterocycles. The summed E-state index contributed by atoms with van der Waals surface area (Å²) in [5, 5.41) is 0. The minimum absolute atomic E-state index is 0.170. The van der Waals surface area contributed by atoms with E-state index in [2.05, 4.69) is 19.6 Å². The number of likely N-dealkylation sites (tertiary alicyclic amines) is 4. The van der Waals surface area contributed by atoms with Gasteiger partial charge >= 0.3 is 6.03 Å². The van der Waals surface area contributed by atoms with Crippen molar-refractivity contribution >= 4 is 6.03 Å². The Kier molecular flexibility index (Phi) is 6.24. The largest absolute Gasteiger partial charge is 0.325 e. The minimum Gasteiger partial charge on any atom is -0.325 e. The van der Waals surface area contributed by atoms with E-state index >= 15 is 0 Å². The first-order valence-corrected chi connectivity index (χ1v) is 13.4. The summed E-state index contributed by atoms with van der Waals surface area (Å²) in [4.78, 5) is 22.1. The monoisotopic (exact) mass is 494 g/mol. The van der Waals surface area contributed by atoms with E-state index in [-0.39, 0.29) is 17.7 Å². The van der Waals surface area contributed by atoms with E-state index in [1.54, 1.807) is 24.3 Å². The van der Waals surface area contributed by atoms with Gasteiger partial charge in [-0.3, -0.25) is 9.80 Å². The Hall–Kier alpha value is -2.51. The lowest BCUT2D eigenvalue weighted by molar-refractivity contribution is -0.0562. The molecule has 36 heavy (non-hydrogen) atoms. The van der Waals surface area contributed by atoms with Gasteiger partial charge in [0.15, 0.2) is 0 Å². The molecule has 6 rings (SSSR count). The lowest BCUT2D eigenvalue weighted by Crippen LogP contribution is -2.63. The van der Waals surface area contributed by atoms with Crippen molar-refractivity contribution in [3.63, 3.8) is 0 Å². The van der Waals surface area contributed by atoms with Crippen molar-refractivity contribution in [1.29, 1.82) is 0 Å². The van der Waals surface area contributed by atoms with Crippen LogP contribution in [0.2, 0.25) is 0 Å². The van der Waals surface area contributed by atoms with Crippen LogP contribution in [-0.2, 0) is 13.1 Å². The lowest BCUT2D eigenvalue weighted by atomic mass is 9.71. The van der Waals surface area contributed by atoms with Gasteiger partial charge in [-0.1, -0.05) is 24.3 Å². The molecule has 0 bridgehead atoms. The molecule has 4 heterocycles. The zero-order chi connectivity index (χ0) is 24.8. The van der Waals surface area contributed by atoms with Crippen LogP contribution in [0.3, 0.4) is 0 Å². The third-order valence-electron chi connectivity index (χ3n) is 9.02. The number of benzene rings is 2. The van der Waals surface area contributed by atoms with Gasteiger partial charge in [0, 0.05) is 65.4 Å². The fourth-order valence-corrected chi connectivity index (χ4v) is 6.99. The van der Waals surface area contributed by atoms with E-state index in [0.717, 1.165) is 102 Å². The van der Waals surface area contributed by atoms with E-state index in [9.17, 15) is 13.6 Å². The second-order valence-corrected chi connectivity index (χ2v) is 11.8. The van der Waals surface area contributed by atoms with Gasteiger partial charge in [-0.25, -0.2) is 13.6 Å². The third-order valence-corrected chi connectivity index (χ3v) is 9.02. The average molecular weight is 495 g/mol. The Bertz CT molecular complexity index is 1010. The van der Waals surface area contributed by atoms with Crippen LogP contribution < -0.4 is 0 Å². The number of hydrogen-bond donors (Lipinski definition) is 0. The molecule has 0 unspecified atom stereocenters. The molecule has 0 saturated carbocycles. The predicted molar refractivity (Wildman–Crippen MR) is 135 cm³/mol. The van der Waals surface area contributed by atoms with Crippen LogP contribution in [0.25, 0.3) is 0 Å². The summed E-state index contributed by atoms with van der Waals surface area (Å²) in [7, 11) is 0. The molecule has 4 aliphatic heterocycles. The predicted octanol–water partition coefficient (Wildman–Crippen LogP) is 4.58. The Morgan fingerprint density at radius 3 is 1.42 bits per heavy atom. The summed E-state index contributed by atoms with van der Waals surface area (Å²) in [5.41, 5.74) is 2.72. The Morgan fingerprint density at radius 2 is 1.06 bits per heavy atom. The van der Waals surface area contributed by atoms with Gasteiger partial charge in [0.1, 0.15) is 11.6 Å². The second-order valence-electron chi connectivity index (χ2n) is 11.8. The smallest absolute Gasteiger partial charge is 0.319 e. The number of carbonyl (C=O) groups excluding carboxylic acids is 1. The number of amides is 2. The van der Waals surface area contributed by atoms with Crippen LogP contribution in [0.5, 0.6) is 0 Å². The molecular weight excluding hydrogens is 458 g/mol.